The van der Waals surface area contributed by atoms with E-state index in [0.717, 1.165) is 0 Å². The van der Waals surface area contributed by atoms with Crippen molar-refractivity contribution in [2.75, 3.05) is 6.54 Å². The largest absolute Gasteiger partial charge is 0.444 e. The molecule has 0 unspecified atom stereocenters. The van der Waals surface area contributed by atoms with Crippen LogP contribution < -0.4 is 5.32 Å². The van der Waals surface area contributed by atoms with Crippen molar-refractivity contribution in [3.63, 3.8) is 0 Å². The molecule has 0 bridgehead atoms. The molecule has 7 heteroatoms. The SMILES string of the molecule is CC(C)(C)OC(=O)NCC(=O)c1ncc(Cl)cc1Cl. The van der Waals surface area contributed by atoms with Gasteiger partial charge in [-0.3, -0.25) is 4.79 Å². The second-order valence-corrected chi connectivity index (χ2v) is 5.61. The van der Waals surface area contributed by atoms with Crippen molar-refractivity contribution in [3.8, 4) is 0 Å². The quantitative estimate of drug-likeness (QED) is 0.871. The summed E-state index contributed by atoms with van der Waals surface area (Å²) in [5, 5.41) is 2.81. The van der Waals surface area contributed by atoms with Gasteiger partial charge in [0, 0.05) is 6.20 Å². The van der Waals surface area contributed by atoms with Gasteiger partial charge in [-0.15, -0.1) is 0 Å². The number of nitrogens with one attached hydrogen (secondary N) is 1. The Kier molecular flexibility index (Phi) is 5.14. The minimum atomic E-state index is -0.675. The number of Topliss-reactive ketones (excluding diaryl/α,β-unsaturated/α-hetero) is 1. The van der Waals surface area contributed by atoms with Crippen molar-refractivity contribution >= 4 is 35.1 Å². The Labute approximate surface area is 121 Å². The number of aromatic nitrogens is 1. The lowest BCUT2D eigenvalue weighted by Gasteiger charge is -2.19. The Bertz CT molecular complexity index is 498. The molecule has 0 aliphatic heterocycles. The van der Waals surface area contributed by atoms with Gasteiger partial charge in [0.2, 0.25) is 5.78 Å². The van der Waals surface area contributed by atoms with Crippen molar-refractivity contribution in [1.82, 2.24) is 10.3 Å². The normalized spacial score (nSPS) is 11.0. The smallest absolute Gasteiger partial charge is 0.408 e. The zero-order chi connectivity index (χ0) is 14.6. The molecule has 0 fully saturated rings. The molecule has 1 N–H and O–H groups in total. The number of ketones is 1. The third kappa shape index (κ3) is 5.44. The first-order valence-corrected chi connectivity index (χ1v) is 6.26. The molecule has 5 nitrogen and oxygen atoms in total. The molecule has 1 aromatic heterocycles. The molecule has 0 aromatic carbocycles. The molecule has 0 saturated carbocycles. The van der Waals surface area contributed by atoms with E-state index < -0.39 is 17.5 Å². The number of halogens is 2. The van der Waals surface area contributed by atoms with Gasteiger partial charge >= 0.3 is 6.09 Å². The Morgan fingerprint density at radius 1 is 1.37 bits per heavy atom. The Morgan fingerprint density at radius 2 is 2.00 bits per heavy atom. The first-order valence-electron chi connectivity index (χ1n) is 5.50. The highest BCUT2D eigenvalue weighted by molar-refractivity contribution is 6.36. The fourth-order valence-electron chi connectivity index (χ4n) is 1.17. The van der Waals surface area contributed by atoms with Crippen molar-refractivity contribution in [2.45, 2.75) is 26.4 Å². The summed E-state index contributed by atoms with van der Waals surface area (Å²) in [6.45, 7) is 4.94. The van der Waals surface area contributed by atoms with Crippen LogP contribution in [0.25, 0.3) is 0 Å². The number of hydrogen-bond donors (Lipinski definition) is 1. The van der Waals surface area contributed by atoms with Crippen LogP contribution in [0.2, 0.25) is 10.0 Å². The van der Waals surface area contributed by atoms with Crippen LogP contribution in [0.3, 0.4) is 0 Å². The summed E-state index contributed by atoms with van der Waals surface area (Å²) in [6, 6.07) is 1.41. The molecule has 19 heavy (non-hydrogen) atoms. The van der Waals surface area contributed by atoms with Crippen LogP contribution in [0.15, 0.2) is 12.3 Å². The molecule has 0 aliphatic carbocycles. The highest BCUT2D eigenvalue weighted by atomic mass is 35.5. The number of carbonyl (C=O) groups is 2. The minimum Gasteiger partial charge on any atom is -0.444 e. The summed E-state index contributed by atoms with van der Waals surface area (Å²) in [6.07, 6.45) is 0.639. The molecule has 0 aliphatic rings. The van der Waals surface area contributed by atoms with Crippen LogP contribution in [-0.2, 0) is 4.74 Å². The van der Waals surface area contributed by atoms with Crippen molar-refractivity contribution < 1.29 is 14.3 Å². The van der Waals surface area contributed by atoms with E-state index in [1.807, 2.05) is 0 Å². The van der Waals surface area contributed by atoms with E-state index in [1.54, 1.807) is 20.8 Å². The summed E-state index contributed by atoms with van der Waals surface area (Å²) in [7, 11) is 0. The first-order chi connectivity index (χ1) is 8.69. The second-order valence-electron chi connectivity index (χ2n) is 4.76. The summed E-state index contributed by atoms with van der Waals surface area (Å²) in [4.78, 5) is 27.0. The van der Waals surface area contributed by atoms with Crippen LogP contribution >= 0.6 is 23.2 Å². The molecule has 1 rings (SSSR count). The second kappa shape index (κ2) is 6.21. The zero-order valence-electron chi connectivity index (χ0n) is 10.8. The van der Waals surface area contributed by atoms with Gasteiger partial charge in [0.1, 0.15) is 11.3 Å². The highest BCUT2D eigenvalue weighted by Crippen LogP contribution is 2.18. The fourth-order valence-corrected chi connectivity index (χ4v) is 1.66. The molecule has 1 amide bonds. The average Bonchev–Trinajstić information content (AvgIpc) is 2.23. The highest BCUT2D eigenvalue weighted by Gasteiger charge is 2.18. The predicted octanol–water partition coefficient (Wildman–Crippen LogP) is 3.10. The summed E-state index contributed by atoms with van der Waals surface area (Å²) in [5.41, 5.74) is -0.564. The number of hydrogen-bond acceptors (Lipinski definition) is 4. The maximum atomic E-state index is 11.8. The van der Waals surface area contributed by atoms with Gasteiger partial charge in [-0.05, 0) is 26.8 Å². The third-order valence-corrected chi connectivity index (χ3v) is 2.36. The molecule has 0 atom stereocenters. The van der Waals surface area contributed by atoms with E-state index in [1.165, 1.54) is 12.3 Å². The van der Waals surface area contributed by atoms with Crippen molar-refractivity contribution in [3.05, 3.63) is 28.0 Å². The lowest BCUT2D eigenvalue weighted by molar-refractivity contribution is 0.0520. The Hall–Kier alpha value is -1.33. The van der Waals surface area contributed by atoms with E-state index in [9.17, 15) is 9.59 Å². The van der Waals surface area contributed by atoms with Crippen LogP contribution in [0.5, 0.6) is 0 Å². The third-order valence-electron chi connectivity index (χ3n) is 1.86. The molecule has 0 saturated heterocycles. The van der Waals surface area contributed by atoms with E-state index in [-0.39, 0.29) is 17.3 Å². The fraction of sp³-hybridized carbons (Fsp3) is 0.417. The van der Waals surface area contributed by atoms with Crippen LogP contribution in [0.4, 0.5) is 4.79 Å². The Balaban J connectivity index is 2.59. The number of nitrogens with zero attached hydrogens (tertiary/aromatic N) is 1. The molecule has 1 heterocycles. The van der Waals surface area contributed by atoms with Gasteiger partial charge in [-0.1, -0.05) is 23.2 Å². The van der Waals surface area contributed by atoms with Crippen LogP contribution in [-0.4, -0.2) is 29.0 Å². The number of ether oxygens (including phenoxy) is 1. The van der Waals surface area contributed by atoms with Gasteiger partial charge in [0.05, 0.1) is 16.6 Å². The maximum absolute atomic E-state index is 11.8. The monoisotopic (exact) mass is 304 g/mol. The lowest BCUT2D eigenvalue weighted by atomic mass is 10.2. The van der Waals surface area contributed by atoms with E-state index in [2.05, 4.69) is 10.3 Å². The topological polar surface area (TPSA) is 68.3 Å². The predicted molar refractivity (Wildman–Crippen MR) is 72.8 cm³/mol. The molecular weight excluding hydrogens is 291 g/mol. The molecule has 0 radical (unpaired) electrons. The average molecular weight is 305 g/mol. The lowest BCUT2D eigenvalue weighted by Crippen LogP contribution is -2.35. The molecule has 0 spiro atoms. The zero-order valence-corrected chi connectivity index (χ0v) is 12.3. The maximum Gasteiger partial charge on any atom is 0.408 e. The molecular formula is C12H14Cl2N2O3. The number of carbonyl (C=O) groups excluding carboxylic acids is 2. The summed E-state index contributed by atoms with van der Waals surface area (Å²) < 4.78 is 5.00. The number of rotatable bonds is 3. The number of alkyl carbamates (subject to hydrolysis) is 1. The van der Waals surface area contributed by atoms with Gasteiger partial charge < -0.3 is 10.1 Å². The van der Waals surface area contributed by atoms with Crippen LogP contribution in [0, 0.1) is 0 Å². The van der Waals surface area contributed by atoms with Gasteiger partial charge in [-0.2, -0.15) is 0 Å². The number of pyridine rings is 1. The molecule has 1 aromatic rings. The van der Waals surface area contributed by atoms with E-state index in [4.69, 9.17) is 27.9 Å². The summed E-state index contributed by atoms with van der Waals surface area (Å²) >= 11 is 11.5. The van der Waals surface area contributed by atoms with Crippen molar-refractivity contribution in [1.29, 1.82) is 0 Å². The minimum absolute atomic E-state index is 0.0575. The first kappa shape index (κ1) is 15.7. The number of amides is 1. The van der Waals surface area contributed by atoms with Crippen molar-refractivity contribution in [2.24, 2.45) is 0 Å². The van der Waals surface area contributed by atoms with Gasteiger partial charge in [-0.25, -0.2) is 9.78 Å². The van der Waals surface area contributed by atoms with Crippen LogP contribution in [0.1, 0.15) is 31.3 Å². The standard InChI is InChI=1S/C12H14Cl2N2O3/c1-12(2,3)19-11(18)16-6-9(17)10-8(14)4-7(13)5-15-10/h4-5H,6H2,1-3H3,(H,16,18). The molecule has 104 valence electrons. The van der Waals surface area contributed by atoms with E-state index in [0.29, 0.717) is 5.02 Å². The van der Waals surface area contributed by atoms with Gasteiger partial charge in [0.15, 0.2) is 0 Å². The summed E-state index contributed by atoms with van der Waals surface area (Å²) in [5.74, 6) is -0.424. The van der Waals surface area contributed by atoms with E-state index >= 15 is 0 Å². The van der Waals surface area contributed by atoms with Gasteiger partial charge in [0.25, 0.3) is 0 Å². The Morgan fingerprint density at radius 3 is 2.53 bits per heavy atom.